The number of sulfone groups is 1. The Bertz CT molecular complexity index is 781. The molecule has 0 spiro atoms. The minimum Gasteiger partial charge on any atom is -0.335 e. The Balaban J connectivity index is 2.16. The summed E-state index contributed by atoms with van der Waals surface area (Å²) in [4.78, 5) is 14.4. The van der Waals surface area contributed by atoms with Crippen molar-refractivity contribution in [3.05, 3.63) is 65.7 Å². The normalized spacial score (nSPS) is 11.5. The van der Waals surface area contributed by atoms with Crippen LogP contribution < -0.4 is 0 Å². The van der Waals surface area contributed by atoms with E-state index < -0.39 is 15.6 Å². The van der Waals surface area contributed by atoms with Gasteiger partial charge in [0, 0.05) is 12.6 Å². The number of nitrogens with zero attached hydrogens (tertiary/aromatic N) is 1. The van der Waals surface area contributed by atoms with Gasteiger partial charge in [0.05, 0.1) is 4.90 Å². The van der Waals surface area contributed by atoms with E-state index in [0.717, 1.165) is 11.1 Å². The van der Waals surface area contributed by atoms with Crippen molar-refractivity contribution < 1.29 is 13.2 Å². The minimum atomic E-state index is -3.64. The number of rotatable bonds is 6. The molecule has 0 N–H and O–H groups in total. The molecular formula is C19H23NO3S. The number of amides is 1. The zero-order valence-corrected chi connectivity index (χ0v) is 15.1. The first-order valence-corrected chi connectivity index (χ1v) is 9.57. The summed E-state index contributed by atoms with van der Waals surface area (Å²) < 4.78 is 25.0. The first-order valence-electron chi connectivity index (χ1n) is 7.92. The highest BCUT2D eigenvalue weighted by molar-refractivity contribution is 7.92. The van der Waals surface area contributed by atoms with E-state index in [1.807, 2.05) is 51.1 Å². The van der Waals surface area contributed by atoms with Gasteiger partial charge in [-0.1, -0.05) is 48.0 Å². The highest BCUT2D eigenvalue weighted by Gasteiger charge is 2.25. The third-order valence-electron chi connectivity index (χ3n) is 3.83. The maximum atomic E-state index is 12.6. The van der Waals surface area contributed by atoms with Gasteiger partial charge in [-0.2, -0.15) is 0 Å². The van der Waals surface area contributed by atoms with Crippen LogP contribution in [0.4, 0.5) is 0 Å². The lowest BCUT2D eigenvalue weighted by Gasteiger charge is -2.27. The topological polar surface area (TPSA) is 54.5 Å². The number of hydrogen-bond acceptors (Lipinski definition) is 3. The monoisotopic (exact) mass is 345 g/mol. The van der Waals surface area contributed by atoms with Crippen LogP contribution in [0.1, 0.15) is 25.0 Å². The first kappa shape index (κ1) is 18.2. The van der Waals surface area contributed by atoms with Gasteiger partial charge < -0.3 is 4.90 Å². The van der Waals surface area contributed by atoms with E-state index in [0.29, 0.717) is 6.54 Å². The van der Waals surface area contributed by atoms with Gasteiger partial charge in [0.15, 0.2) is 9.84 Å². The molecule has 0 bridgehead atoms. The molecule has 4 nitrogen and oxygen atoms in total. The Hall–Kier alpha value is -2.14. The maximum absolute atomic E-state index is 12.6. The maximum Gasteiger partial charge on any atom is 0.238 e. The third kappa shape index (κ3) is 4.68. The standard InChI is InChI=1S/C19H23NO3S/c1-15(2)20(13-17-7-5-4-6-8-17)19(21)14-24(22,23)18-11-9-16(3)10-12-18/h4-12,15H,13-14H2,1-3H3. The van der Waals surface area contributed by atoms with E-state index in [2.05, 4.69) is 0 Å². The summed E-state index contributed by atoms with van der Waals surface area (Å²) in [6.45, 7) is 6.07. The smallest absolute Gasteiger partial charge is 0.238 e. The van der Waals surface area contributed by atoms with Gasteiger partial charge in [0.25, 0.3) is 0 Å². The molecule has 2 aromatic rings. The van der Waals surface area contributed by atoms with E-state index >= 15 is 0 Å². The fraction of sp³-hybridized carbons (Fsp3) is 0.316. The van der Waals surface area contributed by atoms with Crippen LogP contribution in [0.5, 0.6) is 0 Å². The molecule has 2 aromatic carbocycles. The van der Waals surface area contributed by atoms with Gasteiger partial charge in [0.1, 0.15) is 5.75 Å². The summed E-state index contributed by atoms with van der Waals surface area (Å²) in [6, 6.07) is 16.1. The number of carbonyl (C=O) groups excluding carboxylic acids is 1. The van der Waals surface area contributed by atoms with Crippen LogP contribution in [0.2, 0.25) is 0 Å². The van der Waals surface area contributed by atoms with Crippen molar-refractivity contribution in [2.24, 2.45) is 0 Å². The minimum absolute atomic E-state index is 0.0778. The van der Waals surface area contributed by atoms with Crippen molar-refractivity contribution in [3.63, 3.8) is 0 Å². The average Bonchev–Trinajstić information content (AvgIpc) is 2.53. The molecule has 0 saturated carbocycles. The van der Waals surface area contributed by atoms with Gasteiger partial charge in [-0.05, 0) is 38.5 Å². The Kier molecular flexibility index (Phi) is 5.78. The lowest BCUT2D eigenvalue weighted by atomic mass is 10.2. The lowest BCUT2D eigenvalue weighted by Crippen LogP contribution is -2.40. The first-order chi connectivity index (χ1) is 11.3. The third-order valence-corrected chi connectivity index (χ3v) is 5.45. The summed E-state index contributed by atoms with van der Waals surface area (Å²) in [7, 11) is -3.64. The second-order valence-corrected chi connectivity index (χ2v) is 8.16. The van der Waals surface area contributed by atoms with E-state index in [1.165, 1.54) is 0 Å². The summed E-state index contributed by atoms with van der Waals surface area (Å²) in [5.74, 6) is -0.893. The SMILES string of the molecule is Cc1ccc(S(=O)(=O)CC(=O)N(Cc2ccccc2)C(C)C)cc1. The molecule has 0 aliphatic rings. The number of benzene rings is 2. The van der Waals surface area contributed by atoms with E-state index in [1.54, 1.807) is 29.2 Å². The zero-order valence-electron chi connectivity index (χ0n) is 14.3. The highest BCUT2D eigenvalue weighted by Crippen LogP contribution is 2.15. The summed E-state index contributed by atoms with van der Waals surface area (Å²) in [5.41, 5.74) is 1.96. The van der Waals surface area contributed by atoms with Gasteiger partial charge >= 0.3 is 0 Å². The predicted octanol–water partition coefficient (Wildman–Crippen LogP) is 3.21. The lowest BCUT2D eigenvalue weighted by molar-refractivity contribution is -0.130. The van der Waals surface area contributed by atoms with Crippen molar-refractivity contribution in [2.45, 2.75) is 38.3 Å². The van der Waals surface area contributed by atoms with Crippen molar-refractivity contribution in [3.8, 4) is 0 Å². The molecular weight excluding hydrogens is 322 g/mol. The Morgan fingerprint density at radius 2 is 1.58 bits per heavy atom. The van der Waals surface area contributed by atoms with Crippen LogP contribution in [0.3, 0.4) is 0 Å². The quantitative estimate of drug-likeness (QED) is 0.808. The van der Waals surface area contributed by atoms with Crippen LogP contribution in [0.15, 0.2) is 59.5 Å². The van der Waals surface area contributed by atoms with Gasteiger partial charge in [0.2, 0.25) is 5.91 Å². The van der Waals surface area contributed by atoms with Crippen LogP contribution in [0, 0.1) is 6.92 Å². The molecule has 0 fully saturated rings. The fourth-order valence-corrected chi connectivity index (χ4v) is 3.62. The summed E-state index contributed by atoms with van der Waals surface area (Å²) >= 11 is 0. The van der Waals surface area contributed by atoms with Crippen LogP contribution in [0.25, 0.3) is 0 Å². The Morgan fingerprint density at radius 1 is 1.00 bits per heavy atom. The second kappa shape index (κ2) is 7.62. The van der Waals surface area contributed by atoms with Crippen LogP contribution >= 0.6 is 0 Å². The van der Waals surface area contributed by atoms with Crippen LogP contribution in [-0.4, -0.2) is 31.0 Å². The molecule has 0 heterocycles. The fourth-order valence-electron chi connectivity index (χ4n) is 2.41. The van der Waals surface area contributed by atoms with Crippen molar-refractivity contribution in [1.82, 2.24) is 4.90 Å². The largest absolute Gasteiger partial charge is 0.335 e. The number of carbonyl (C=O) groups is 1. The molecule has 1 amide bonds. The van der Waals surface area contributed by atoms with Gasteiger partial charge in [-0.15, -0.1) is 0 Å². The van der Waals surface area contributed by atoms with Crippen molar-refractivity contribution >= 4 is 15.7 Å². The van der Waals surface area contributed by atoms with Crippen molar-refractivity contribution in [1.29, 1.82) is 0 Å². The second-order valence-electron chi connectivity index (χ2n) is 6.17. The molecule has 5 heteroatoms. The molecule has 0 saturated heterocycles. The summed E-state index contributed by atoms with van der Waals surface area (Å²) in [6.07, 6.45) is 0. The molecule has 24 heavy (non-hydrogen) atoms. The number of hydrogen-bond donors (Lipinski definition) is 0. The zero-order chi connectivity index (χ0) is 17.7. The Labute approximate surface area is 144 Å². The van der Waals surface area contributed by atoms with Gasteiger partial charge in [-0.25, -0.2) is 8.42 Å². The van der Waals surface area contributed by atoms with E-state index in [9.17, 15) is 13.2 Å². The molecule has 0 atom stereocenters. The molecule has 0 aromatic heterocycles. The molecule has 0 unspecified atom stereocenters. The molecule has 2 rings (SSSR count). The summed E-state index contributed by atoms with van der Waals surface area (Å²) in [5, 5.41) is 0. The number of aryl methyl sites for hydroxylation is 1. The highest BCUT2D eigenvalue weighted by atomic mass is 32.2. The average molecular weight is 345 g/mol. The van der Waals surface area contributed by atoms with Gasteiger partial charge in [-0.3, -0.25) is 4.79 Å². The van der Waals surface area contributed by atoms with Crippen molar-refractivity contribution in [2.75, 3.05) is 5.75 Å². The van der Waals surface area contributed by atoms with Crippen LogP contribution in [-0.2, 0) is 21.2 Å². The molecule has 0 radical (unpaired) electrons. The molecule has 0 aliphatic carbocycles. The predicted molar refractivity (Wildman–Crippen MR) is 95.4 cm³/mol. The van der Waals surface area contributed by atoms with E-state index in [-0.39, 0.29) is 16.8 Å². The molecule has 0 aliphatic heterocycles. The Morgan fingerprint density at radius 3 is 2.12 bits per heavy atom. The van der Waals surface area contributed by atoms with E-state index in [4.69, 9.17) is 0 Å². The molecule has 128 valence electrons.